The number of benzene rings is 2. The Morgan fingerprint density at radius 2 is 2.09 bits per heavy atom. The lowest BCUT2D eigenvalue weighted by molar-refractivity contribution is 0.0988. The predicted octanol–water partition coefficient (Wildman–Crippen LogP) is 4.92. The van der Waals surface area contributed by atoms with Crippen molar-refractivity contribution >= 4 is 39.1 Å². The zero-order valence-corrected chi connectivity index (χ0v) is 14.4. The maximum Gasteiger partial charge on any atom is 0.262 e. The van der Waals surface area contributed by atoms with Crippen molar-refractivity contribution in [3.05, 3.63) is 57.3 Å². The fraction of sp³-hybridized carbons (Fsp3) is 0.188. The number of ether oxygens (including phenoxy) is 1. The Morgan fingerprint density at radius 1 is 1.36 bits per heavy atom. The fourth-order valence-corrected chi connectivity index (χ4v) is 2.60. The van der Waals surface area contributed by atoms with Crippen molar-refractivity contribution in [2.24, 2.45) is 0 Å². The molecule has 22 heavy (non-hydrogen) atoms. The quantitative estimate of drug-likeness (QED) is 0.746. The lowest BCUT2D eigenvalue weighted by Crippen LogP contribution is -2.28. The molecule has 0 saturated heterocycles. The van der Waals surface area contributed by atoms with Gasteiger partial charge in [-0.1, -0.05) is 33.6 Å². The van der Waals surface area contributed by atoms with Crippen molar-refractivity contribution in [1.82, 2.24) is 0 Å². The summed E-state index contributed by atoms with van der Waals surface area (Å²) >= 11 is 9.31. The molecule has 1 amide bonds. The molecule has 116 valence electrons. The van der Waals surface area contributed by atoms with Crippen LogP contribution >= 0.6 is 27.5 Å². The number of hydrogen-bond acceptors (Lipinski definition) is 2. The van der Waals surface area contributed by atoms with Gasteiger partial charge in [-0.05, 0) is 37.3 Å². The summed E-state index contributed by atoms with van der Waals surface area (Å²) in [7, 11) is 1.55. The van der Waals surface area contributed by atoms with Crippen LogP contribution in [0.15, 0.2) is 40.9 Å². The number of carbonyl (C=O) groups excluding carboxylic acids is 1. The van der Waals surface area contributed by atoms with Gasteiger partial charge in [0.15, 0.2) is 0 Å². The van der Waals surface area contributed by atoms with Crippen LogP contribution in [0.2, 0.25) is 5.02 Å². The van der Waals surface area contributed by atoms with Crippen LogP contribution < -0.4 is 9.64 Å². The SMILES string of the molecule is CCOc1cc(Br)ccc1N(C)C(=O)c1c(F)cccc1Cl. The number of hydrogen-bond donors (Lipinski definition) is 0. The molecule has 6 heteroatoms. The number of halogens is 3. The molecule has 0 unspecified atom stereocenters. The zero-order chi connectivity index (χ0) is 16.3. The molecule has 0 bridgehead atoms. The van der Waals surface area contributed by atoms with E-state index in [0.29, 0.717) is 18.0 Å². The average Bonchev–Trinajstić information content (AvgIpc) is 2.47. The summed E-state index contributed by atoms with van der Waals surface area (Å²) in [6.07, 6.45) is 0. The summed E-state index contributed by atoms with van der Waals surface area (Å²) < 4.78 is 20.3. The highest BCUT2D eigenvalue weighted by Crippen LogP contribution is 2.33. The number of nitrogens with zero attached hydrogens (tertiary/aromatic N) is 1. The van der Waals surface area contributed by atoms with Crippen molar-refractivity contribution in [2.45, 2.75) is 6.92 Å². The molecule has 0 aliphatic rings. The van der Waals surface area contributed by atoms with Crippen molar-refractivity contribution in [2.75, 3.05) is 18.6 Å². The van der Waals surface area contributed by atoms with E-state index in [-0.39, 0.29) is 10.6 Å². The molecule has 0 aliphatic heterocycles. The topological polar surface area (TPSA) is 29.5 Å². The van der Waals surface area contributed by atoms with Gasteiger partial charge in [0.05, 0.1) is 22.9 Å². The summed E-state index contributed by atoms with van der Waals surface area (Å²) in [4.78, 5) is 13.9. The summed E-state index contributed by atoms with van der Waals surface area (Å²) in [6.45, 7) is 2.30. The van der Waals surface area contributed by atoms with Gasteiger partial charge in [0, 0.05) is 11.5 Å². The molecule has 2 rings (SSSR count). The summed E-state index contributed by atoms with van der Waals surface area (Å²) in [5, 5.41) is 0.0759. The van der Waals surface area contributed by atoms with Crippen LogP contribution in [0.3, 0.4) is 0 Å². The molecular formula is C16H14BrClFNO2. The van der Waals surface area contributed by atoms with Gasteiger partial charge in [-0.3, -0.25) is 4.79 Å². The van der Waals surface area contributed by atoms with E-state index in [4.69, 9.17) is 16.3 Å². The van der Waals surface area contributed by atoms with Gasteiger partial charge in [-0.25, -0.2) is 4.39 Å². The van der Waals surface area contributed by atoms with Crippen molar-refractivity contribution in [3.8, 4) is 5.75 Å². The first-order valence-electron chi connectivity index (χ1n) is 6.60. The molecule has 0 aromatic heterocycles. The highest BCUT2D eigenvalue weighted by molar-refractivity contribution is 9.10. The monoisotopic (exact) mass is 385 g/mol. The molecule has 0 saturated carbocycles. The van der Waals surface area contributed by atoms with Crippen LogP contribution in [0, 0.1) is 5.82 Å². The molecule has 0 spiro atoms. The average molecular weight is 387 g/mol. The molecule has 0 fully saturated rings. The number of rotatable bonds is 4. The molecule has 2 aromatic carbocycles. The van der Waals surface area contributed by atoms with Crippen LogP contribution in [-0.4, -0.2) is 19.6 Å². The van der Waals surface area contributed by atoms with Crippen LogP contribution in [0.5, 0.6) is 5.75 Å². The highest BCUT2D eigenvalue weighted by Gasteiger charge is 2.22. The zero-order valence-electron chi connectivity index (χ0n) is 12.1. The molecule has 0 heterocycles. The predicted molar refractivity (Wildman–Crippen MR) is 89.5 cm³/mol. The van der Waals surface area contributed by atoms with Gasteiger partial charge in [0.1, 0.15) is 11.6 Å². The Balaban J connectivity index is 2.43. The maximum absolute atomic E-state index is 13.9. The molecule has 0 atom stereocenters. The van der Waals surface area contributed by atoms with E-state index >= 15 is 0 Å². The Morgan fingerprint density at radius 3 is 2.73 bits per heavy atom. The van der Waals surface area contributed by atoms with Crippen molar-refractivity contribution in [1.29, 1.82) is 0 Å². The Kier molecular flexibility index (Phi) is 5.42. The number of carbonyl (C=O) groups is 1. The Bertz CT molecular complexity index is 688. The first-order valence-corrected chi connectivity index (χ1v) is 7.77. The largest absolute Gasteiger partial charge is 0.492 e. The first kappa shape index (κ1) is 16.8. The van der Waals surface area contributed by atoms with Gasteiger partial charge in [0.25, 0.3) is 5.91 Å². The van der Waals surface area contributed by atoms with Gasteiger partial charge in [-0.15, -0.1) is 0 Å². The second kappa shape index (κ2) is 7.11. The first-order chi connectivity index (χ1) is 10.5. The van der Waals surface area contributed by atoms with E-state index in [9.17, 15) is 9.18 Å². The summed E-state index contributed by atoms with van der Waals surface area (Å²) in [5.74, 6) is -0.661. The minimum Gasteiger partial charge on any atom is -0.492 e. The number of anilines is 1. The third-order valence-electron chi connectivity index (χ3n) is 3.06. The number of amides is 1. The van der Waals surface area contributed by atoms with E-state index in [1.165, 1.54) is 23.1 Å². The highest BCUT2D eigenvalue weighted by atomic mass is 79.9. The normalized spacial score (nSPS) is 10.4. The van der Waals surface area contributed by atoms with E-state index < -0.39 is 11.7 Å². The third kappa shape index (κ3) is 3.42. The van der Waals surface area contributed by atoms with Crippen LogP contribution in [-0.2, 0) is 0 Å². The van der Waals surface area contributed by atoms with Crippen LogP contribution in [0.1, 0.15) is 17.3 Å². The summed E-state index contributed by atoms with van der Waals surface area (Å²) in [6, 6.07) is 9.41. The van der Waals surface area contributed by atoms with Gasteiger partial charge >= 0.3 is 0 Å². The fourth-order valence-electron chi connectivity index (χ4n) is 2.02. The van der Waals surface area contributed by atoms with Gasteiger partial charge in [-0.2, -0.15) is 0 Å². The molecule has 0 radical (unpaired) electrons. The standard InChI is InChI=1S/C16H14BrClFNO2/c1-3-22-14-9-10(17)7-8-13(14)20(2)16(21)15-11(18)5-4-6-12(15)19/h4-9H,3H2,1-2H3. The molecule has 0 aliphatic carbocycles. The van der Waals surface area contributed by atoms with E-state index in [0.717, 1.165) is 4.47 Å². The van der Waals surface area contributed by atoms with Crippen molar-refractivity contribution in [3.63, 3.8) is 0 Å². The molecule has 2 aromatic rings. The van der Waals surface area contributed by atoms with E-state index in [2.05, 4.69) is 15.9 Å². The lowest BCUT2D eigenvalue weighted by atomic mass is 10.1. The molecule has 0 N–H and O–H groups in total. The molecular weight excluding hydrogens is 373 g/mol. The van der Waals surface area contributed by atoms with Gasteiger partial charge < -0.3 is 9.64 Å². The molecule has 3 nitrogen and oxygen atoms in total. The van der Waals surface area contributed by atoms with Crippen LogP contribution in [0.25, 0.3) is 0 Å². The Labute approximate surface area is 141 Å². The second-order valence-corrected chi connectivity index (χ2v) is 5.83. The summed E-state index contributed by atoms with van der Waals surface area (Å²) in [5.41, 5.74) is 0.381. The second-order valence-electron chi connectivity index (χ2n) is 4.51. The van der Waals surface area contributed by atoms with Crippen molar-refractivity contribution < 1.29 is 13.9 Å². The smallest absolute Gasteiger partial charge is 0.262 e. The Hall–Kier alpha value is -1.59. The third-order valence-corrected chi connectivity index (χ3v) is 3.87. The van der Waals surface area contributed by atoms with Crippen LogP contribution in [0.4, 0.5) is 10.1 Å². The maximum atomic E-state index is 13.9. The lowest BCUT2D eigenvalue weighted by Gasteiger charge is -2.21. The minimum atomic E-state index is -0.653. The van der Waals surface area contributed by atoms with E-state index in [1.54, 1.807) is 25.2 Å². The minimum absolute atomic E-state index is 0.0759. The van der Waals surface area contributed by atoms with E-state index in [1.807, 2.05) is 6.92 Å². The van der Waals surface area contributed by atoms with Gasteiger partial charge in [0.2, 0.25) is 0 Å².